The van der Waals surface area contributed by atoms with Gasteiger partial charge in [0.2, 0.25) is 11.8 Å². The van der Waals surface area contributed by atoms with Crippen LogP contribution in [0.25, 0.3) is 0 Å². The Hall–Kier alpha value is -1.91. The average Bonchev–Trinajstić information content (AvgIpc) is 2.75. The lowest BCUT2D eigenvalue weighted by Gasteiger charge is -2.28. The number of hydrogen-bond donors (Lipinski definition) is 2. The van der Waals surface area contributed by atoms with Crippen molar-refractivity contribution in [1.29, 1.82) is 0 Å². The molecule has 19 heavy (non-hydrogen) atoms. The summed E-state index contributed by atoms with van der Waals surface area (Å²) in [5.74, 6) is -0.683. The number of benzene rings is 1. The maximum atomic E-state index is 13.2. The Morgan fingerprint density at radius 3 is 2.79 bits per heavy atom. The summed E-state index contributed by atoms with van der Waals surface area (Å²) >= 11 is 0. The minimum absolute atomic E-state index is 0.108. The van der Waals surface area contributed by atoms with Gasteiger partial charge >= 0.3 is 0 Å². The molecule has 0 aliphatic carbocycles. The third-order valence-corrected chi connectivity index (χ3v) is 3.29. The highest BCUT2D eigenvalue weighted by Gasteiger charge is 2.31. The second-order valence-electron chi connectivity index (χ2n) is 5.28. The molecule has 0 radical (unpaired) electrons. The number of carbonyl (C=O) groups excluding carboxylic acids is 2. The van der Waals surface area contributed by atoms with Gasteiger partial charge in [0.05, 0.1) is 5.54 Å². The van der Waals surface area contributed by atoms with Crippen molar-refractivity contribution in [2.24, 2.45) is 0 Å². The van der Waals surface area contributed by atoms with Crippen molar-refractivity contribution in [3.63, 3.8) is 0 Å². The molecule has 0 saturated carbocycles. The molecule has 5 heteroatoms. The van der Waals surface area contributed by atoms with Gasteiger partial charge in [-0.3, -0.25) is 9.59 Å². The fraction of sp³-hybridized carbons (Fsp3) is 0.429. The van der Waals surface area contributed by atoms with Crippen LogP contribution in [0.5, 0.6) is 0 Å². The predicted molar refractivity (Wildman–Crippen MR) is 68.7 cm³/mol. The lowest BCUT2D eigenvalue weighted by Crippen LogP contribution is -2.49. The van der Waals surface area contributed by atoms with Crippen LogP contribution in [-0.4, -0.2) is 17.9 Å². The summed E-state index contributed by atoms with van der Waals surface area (Å²) in [5.41, 5.74) is -0.00265. The second-order valence-corrected chi connectivity index (χ2v) is 5.28. The SMILES string of the molecule is CC(C)(NC(=O)C1CCC(=O)N1)c1cccc(F)c1. The molecule has 2 rings (SSSR count). The monoisotopic (exact) mass is 264 g/mol. The largest absolute Gasteiger partial charge is 0.345 e. The van der Waals surface area contributed by atoms with E-state index in [0.717, 1.165) is 0 Å². The molecule has 1 aromatic rings. The highest BCUT2D eigenvalue weighted by molar-refractivity contribution is 5.91. The van der Waals surface area contributed by atoms with E-state index in [4.69, 9.17) is 0 Å². The van der Waals surface area contributed by atoms with Gasteiger partial charge in [0.1, 0.15) is 11.9 Å². The van der Waals surface area contributed by atoms with Gasteiger partial charge in [0, 0.05) is 6.42 Å². The van der Waals surface area contributed by atoms with Crippen molar-refractivity contribution in [3.8, 4) is 0 Å². The third kappa shape index (κ3) is 3.10. The zero-order valence-corrected chi connectivity index (χ0v) is 11.0. The molecule has 0 bridgehead atoms. The van der Waals surface area contributed by atoms with Gasteiger partial charge in [-0.2, -0.15) is 0 Å². The highest BCUT2D eigenvalue weighted by Crippen LogP contribution is 2.21. The summed E-state index contributed by atoms with van der Waals surface area (Å²) in [5, 5.41) is 5.46. The van der Waals surface area contributed by atoms with E-state index in [1.54, 1.807) is 26.0 Å². The molecule has 1 unspecified atom stereocenters. The summed E-state index contributed by atoms with van der Waals surface area (Å²) in [6, 6.07) is 5.64. The Labute approximate surface area is 111 Å². The van der Waals surface area contributed by atoms with Gasteiger partial charge in [-0.25, -0.2) is 4.39 Å². The molecule has 1 saturated heterocycles. The Balaban J connectivity index is 2.08. The van der Waals surface area contributed by atoms with Crippen molar-refractivity contribution in [2.75, 3.05) is 0 Å². The van der Waals surface area contributed by atoms with Gasteiger partial charge in [-0.1, -0.05) is 12.1 Å². The Bertz CT molecular complexity index is 514. The lowest BCUT2D eigenvalue weighted by atomic mass is 9.93. The summed E-state index contributed by atoms with van der Waals surface area (Å²) in [6.07, 6.45) is 0.877. The quantitative estimate of drug-likeness (QED) is 0.868. The number of carbonyl (C=O) groups is 2. The molecular weight excluding hydrogens is 247 g/mol. The Morgan fingerprint density at radius 2 is 2.21 bits per heavy atom. The van der Waals surface area contributed by atoms with Gasteiger partial charge in [-0.15, -0.1) is 0 Å². The highest BCUT2D eigenvalue weighted by atomic mass is 19.1. The summed E-state index contributed by atoms with van der Waals surface area (Å²) in [6.45, 7) is 3.60. The van der Waals surface area contributed by atoms with E-state index < -0.39 is 11.6 Å². The molecule has 1 aliphatic heterocycles. The fourth-order valence-electron chi connectivity index (χ4n) is 2.16. The van der Waals surface area contributed by atoms with Gasteiger partial charge in [0.25, 0.3) is 0 Å². The topological polar surface area (TPSA) is 58.2 Å². The van der Waals surface area contributed by atoms with Crippen LogP contribution in [0.3, 0.4) is 0 Å². The molecule has 4 nitrogen and oxygen atoms in total. The van der Waals surface area contributed by atoms with Crippen LogP contribution in [0.1, 0.15) is 32.3 Å². The molecular formula is C14H17FN2O2. The first-order chi connectivity index (χ1) is 8.88. The van der Waals surface area contributed by atoms with E-state index in [0.29, 0.717) is 18.4 Å². The van der Waals surface area contributed by atoms with Crippen LogP contribution in [0.2, 0.25) is 0 Å². The summed E-state index contributed by atoms with van der Waals surface area (Å²) in [4.78, 5) is 23.1. The van der Waals surface area contributed by atoms with E-state index in [-0.39, 0.29) is 17.6 Å². The van der Waals surface area contributed by atoms with Gasteiger partial charge in [0.15, 0.2) is 0 Å². The summed E-state index contributed by atoms with van der Waals surface area (Å²) in [7, 11) is 0. The first-order valence-electron chi connectivity index (χ1n) is 6.26. The summed E-state index contributed by atoms with van der Waals surface area (Å²) < 4.78 is 13.2. The Kier molecular flexibility index (Phi) is 3.55. The maximum Gasteiger partial charge on any atom is 0.243 e. The Morgan fingerprint density at radius 1 is 1.47 bits per heavy atom. The average molecular weight is 264 g/mol. The van der Waals surface area contributed by atoms with Crippen molar-refractivity contribution < 1.29 is 14.0 Å². The van der Waals surface area contributed by atoms with Crippen LogP contribution in [-0.2, 0) is 15.1 Å². The molecule has 0 spiro atoms. The minimum Gasteiger partial charge on any atom is -0.345 e. The molecule has 0 aromatic heterocycles. The van der Waals surface area contributed by atoms with E-state index in [9.17, 15) is 14.0 Å². The number of rotatable bonds is 3. The fourth-order valence-corrected chi connectivity index (χ4v) is 2.16. The lowest BCUT2D eigenvalue weighted by molar-refractivity contribution is -0.127. The number of amides is 2. The van der Waals surface area contributed by atoms with Crippen molar-refractivity contribution >= 4 is 11.8 Å². The van der Waals surface area contributed by atoms with Gasteiger partial charge in [-0.05, 0) is 38.0 Å². The molecule has 1 aliphatic rings. The second kappa shape index (κ2) is 4.99. The van der Waals surface area contributed by atoms with Crippen molar-refractivity contribution in [2.45, 2.75) is 38.3 Å². The zero-order valence-electron chi connectivity index (χ0n) is 11.0. The predicted octanol–water partition coefficient (Wildman–Crippen LogP) is 1.46. The molecule has 1 aromatic carbocycles. The first kappa shape index (κ1) is 13.5. The number of nitrogens with one attached hydrogen (secondary N) is 2. The normalized spacial score (nSPS) is 19.1. The minimum atomic E-state index is -0.688. The van der Waals surface area contributed by atoms with Crippen LogP contribution < -0.4 is 10.6 Å². The van der Waals surface area contributed by atoms with Crippen LogP contribution in [0, 0.1) is 5.82 Å². The van der Waals surface area contributed by atoms with Crippen LogP contribution >= 0.6 is 0 Å². The van der Waals surface area contributed by atoms with Crippen LogP contribution in [0.4, 0.5) is 4.39 Å². The maximum absolute atomic E-state index is 13.2. The number of halogens is 1. The van der Waals surface area contributed by atoms with E-state index in [1.165, 1.54) is 12.1 Å². The molecule has 102 valence electrons. The van der Waals surface area contributed by atoms with Gasteiger partial charge < -0.3 is 10.6 Å². The smallest absolute Gasteiger partial charge is 0.243 e. The first-order valence-corrected chi connectivity index (χ1v) is 6.26. The molecule has 1 heterocycles. The zero-order chi connectivity index (χ0) is 14.0. The van der Waals surface area contributed by atoms with Crippen molar-refractivity contribution in [3.05, 3.63) is 35.6 Å². The molecule has 1 atom stereocenters. The van der Waals surface area contributed by atoms with Crippen LogP contribution in [0.15, 0.2) is 24.3 Å². The third-order valence-electron chi connectivity index (χ3n) is 3.29. The molecule has 2 N–H and O–H groups in total. The molecule has 1 fully saturated rings. The van der Waals surface area contributed by atoms with E-state index in [1.807, 2.05) is 0 Å². The molecule has 2 amide bonds. The number of hydrogen-bond acceptors (Lipinski definition) is 2. The van der Waals surface area contributed by atoms with E-state index in [2.05, 4.69) is 10.6 Å². The van der Waals surface area contributed by atoms with Crippen molar-refractivity contribution in [1.82, 2.24) is 10.6 Å². The standard InChI is InChI=1S/C14H17FN2O2/c1-14(2,9-4-3-5-10(15)8-9)17-13(19)11-6-7-12(18)16-11/h3-5,8,11H,6-7H2,1-2H3,(H,16,18)(H,17,19). The van der Waals surface area contributed by atoms with E-state index >= 15 is 0 Å².